The highest BCUT2D eigenvalue weighted by Crippen LogP contribution is 2.43. The highest BCUT2D eigenvalue weighted by Gasteiger charge is 2.45. The molecule has 2 aromatic carbocycles. The fourth-order valence-electron chi connectivity index (χ4n) is 7.06. The third kappa shape index (κ3) is 4.81. The van der Waals surface area contributed by atoms with Gasteiger partial charge in [-0.05, 0) is 62.5 Å². The number of nitriles is 1. The van der Waals surface area contributed by atoms with Gasteiger partial charge < -0.3 is 20.7 Å². The topological polar surface area (TPSA) is 103 Å². The first-order valence-electron chi connectivity index (χ1n) is 14.6. The summed E-state index contributed by atoms with van der Waals surface area (Å²) in [4.78, 5) is 13.5. The van der Waals surface area contributed by atoms with E-state index in [0.29, 0.717) is 36.5 Å². The number of nitrogens with two attached hydrogens (primary N) is 1. The molecule has 2 aromatic heterocycles. The first-order chi connectivity index (χ1) is 21.3. The van der Waals surface area contributed by atoms with Crippen LogP contribution in [0.5, 0.6) is 6.01 Å². The number of rotatable bonds is 6. The Morgan fingerprint density at radius 2 is 1.91 bits per heavy atom. The molecule has 1 unspecified atom stereocenters. The van der Waals surface area contributed by atoms with E-state index in [1.807, 2.05) is 11.0 Å². The van der Waals surface area contributed by atoms with Crippen molar-refractivity contribution in [1.29, 1.82) is 5.26 Å². The number of nitrogens with zero attached hydrogens (tertiary/aromatic N) is 5. The highest BCUT2D eigenvalue weighted by atomic mass is 32.1. The van der Waals surface area contributed by atoms with Crippen molar-refractivity contribution in [3.05, 3.63) is 53.6 Å². The van der Waals surface area contributed by atoms with Crippen LogP contribution in [-0.4, -0.2) is 65.8 Å². The second-order valence-corrected chi connectivity index (χ2v) is 12.6. The Kier molecular flexibility index (Phi) is 7.31. The van der Waals surface area contributed by atoms with Crippen molar-refractivity contribution in [2.24, 2.45) is 0 Å². The molecule has 0 radical (unpaired) electrons. The van der Waals surface area contributed by atoms with Crippen LogP contribution in [0.25, 0.3) is 32.1 Å². The van der Waals surface area contributed by atoms with Gasteiger partial charge in [-0.2, -0.15) is 24.0 Å². The molecule has 0 spiro atoms. The van der Waals surface area contributed by atoms with Crippen molar-refractivity contribution in [2.45, 2.75) is 37.3 Å². The Bertz CT molecular complexity index is 1840. The van der Waals surface area contributed by atoms with E-state index in [2.05, 4.69) is 15.2 Å². The second-order valence-electron chi connectivity index (χ2n) is 11.6. The lowest BCUT2D eigenvalue weighted by Gasteiger charge is -2.34. The fraction of sp³-hybridized carbons (Fsp3) is 0.387. The Labute approximate surface area is 254 Å². The number of thiophene rings is 1. The first-order valence-corrected chi connectivity index (χ1v) is 15.4. The monoisotopic (exact) mass is 623 g/mol. The summed E-state index contributed by atoms with van der Waals surface area (Å²) in [5, 5.41) is 13.6. The zero-order chi connectivity index (χ0) is 30.6. The van der Waals surface area contributed by atoms with Crippen LogP contribution in [0, 0.1) is 23.0 Å². The minimum Gasteiger partial charge on any atom is -0.461 e. The van der Waals surface area contributed by atoms with Crippen molar-refractivity contribution >= 4 is 43.1 Å². The number of anilines is 2. The molecule has 1 atom stereocenters. The van der Waals surface area contributed by atoms with E-state index in [0.717, 1.165) is 56.2 Å². The van der Waals surface area contributed by atoms with E-state index in [-0.39, 0.29) is 49.8 Å². The molecule has 0 aliphatic carbocycles. The summed E-state index contributed by atoms with van der Waals surface area (Å²) in [6.07, 6.45) is 3.23. The number of aromatic nitrogens is 2. The van der Waals surface area contributed by atoms with Gasteiger partial charge in [-0.1, -0.05) is 12.1 Å². The highest BCUT2D eigenvalue weighted by molar-refractivity contribution is 7.23. The first kappa shape index (κ1) is 28.8. The molecule has 3 aliphatic heterocycles. The molecular formula is C31H29F4N7OS. The molecule has 13 heteroatoms. The molecule has 7 rings (SSSR count). The summed E-state index contributed by atoms with van der Waals surface area (Å²) in [5.74, 6) is -0.869. The summed E-state index contributed by atoms with van der Waals surface area (Å²) >= 11 is 0.939. The van der Waals surface area contributed by atoms with E-state index in [9.17, 15) is 18.4 Å². The number of piperazine rings is 1. The lowest BCUT2D eigenvalue weighted by atomic mass is 9.95. The van der Waals surface area contributed by atoms with Gasteiger partial charge in [0.2, 0.25) is 0 Å². The van der Waals surface area contributed by atoms with Gasteiger partial charge in [0, 0.05) is 42.0 Å². The maximum atomic E-state index is 16.7. The molecule has 44 heavy (non-hydrogen) atoms. The predicted molar refractivity (Wildman–Crippen MR) is 162 cm³/mol. The largest absolute Gasteiger partial charge is 0.461 e. The molecule has 4 aromatic rings. The van der Waals surface area contributed by atoms with Gasteiger partial charge in [-0.25, -0.2) is 8.78 Å². The van der Waals surface area contributed by atoms with Crippen molar-refractivity contribution in [2.75, 3.05) is 50.0 Å². The van der Waals surface area contributed by atoms with Gasteiger partial charge in [0.15, 0.2) is 5.82 Å². The molecule has 3 aliphatic rings. The maximum absolute atomic E-state index is 16.7. The third-order valence-corrected chi connectivity index (χ3v) is 10.1. The van der Waals surface area contributed by atoms with Crippen molar-refractivity contribution in [1.82, 2.24) is 20.2 Å². The Hall–Kier alpha value is -3.99. The average Bonchev–Trinajstić information content (AvgIpc) is 3.69. The number of hydrogen-bond donors (Lipinski definition) is 2. The number of halogens is 4. The van der Waals surface area contributed by atoms with Crippen LogP contribution in [0.1, 0.15) is 31.2 Å². The second kappa shape index (κ2) is 11.2. The van der Waals surface area contributed by atoms with E-state index in [1.165, 1.54) is 12.1 Å². The Morgan fingerprint density at radius 1 is 1.14 bits per heavy atom. The number of hydrogen-bond acceptors (Lipinski definition) is 9. The zero-order valence-corrected chi connectivity index (χ0v) is 24.5. The minimum absolute atomic E-state index is 0.000663. The van der Waals surface area contributed by atoms with Crippen LogP contribution in [0.2, 0.25) is 0 Å². The molecule has 8 nitrogen and oxygen atoms in total. The number of nitrogen functional groups attached to an aromatic ring is 1. The van der Waals surface area contributed by atoms with Crippen molar-refractivity contribution < 1.29 is 22.3 Å². The van der Waals surface area contributed by atoms with Crippen LogP contribution < -0.4 is 20.7 Å². The SMILES string of the molecule is N#Cc1c(N)sc2c(F)ccc(-c3ccc4c(N5CCNC(C=C(F)F)C5)nc(OCC56CCCN5CCC6)nc4c3F)c12. The molecule has 3 saturated heterocycles. The predicted octanol–water partition coefficient (Wildman–Crippen LogP) is 5.81. The maximum Gasteiger partial charge on any atom is 0.319 e. The summed E-state index contributed by atoms with van der Waals surface area (Å²) in [6, 6.07) is 7.27. The van der Waals surface area contributed by atoms with Gasteiger partial charge in [-0.15, -0.1) is 11.3 Å². The summed E-state index contributed by atoms with van der Waals surface area (Å²) in [5.41, 5.74) is 6.42. The lowest BCUT2D eigenvalue weighted by molar-refractivity contribution is 0.108. The molecule has 0 bridgehead atoms. The van der Waals surface area contributed by atoms with Gasteiger partial charge in [0.05, 0.1) is 15.8 Å². The van der Waals surface area contributed by atoms with Gasteiger partial charge in [0.25, 0.3) is 6.08 Å². The van der Waals surface area contributed by atoms with Crippen LogP contribution in [0.15, 0.2) is 36.4 Å². The normalized spacial score (nSPS) is 19.8. The molecular weight excluding hydrogens is 594 g/mol. The molecule has 0 amide bonds. The van der Waals surface area contributed by atoms with E-state index in [4.69, 9.17) is 15.5 Å². The third-order valence-electron chi connectivity index (χ3n) is 9.10. The Balaban J connectivity index is 1.36. The fourth-order valence-corrected chi connectivity index (χ4v) is 8.01. The van der Waals surface area contributed by atoms with Crippen LogP contribution in [-0.2, 0) is 0 Å². The van der Waals surface area contributed by atoms with Gasteiger partial charge in [-0.3, -0.25) is 4.90 Å². The number of fused-ring (bicyclic) bond motifs is 3. The standard InChI is InChI=1S/C31H29F4N7OS/c32-22-6-5-18(24-21(14-36)28(37)44-27(22)24)19-3-4-20-26(25(19)35)39-30(43-16-31-7-1-10-42(31)11-2-8-31)40-29(20)41-12-9-38-17(15-41)13-23(33)34/h3-6,13,17,38H,1-2,7-12,15-16,37H2. The molecule has 0 saturated carbocycles. The summed E-state index contributed by atoms with van der Waals surface area (Å²) in [6.45, 7) is 3.42. The summed E-state index contributed by atoms with van der Waals surface area (Å²) in [7, 11) is 0. The average molecular weight is 624 g/mol. The van der Waals surface area contributed by atoms with Gasteiger partial charge >= 0.3 is 6.01 Å². The van der Waals surface area contributed by atoms with Gasteiger partial charge in [0.1, 0.15) is 34.8 Å². The lowest BCUT2D eigenvalue weighted by Crippen LogP contribution is -2.50. The van der Waals surface area contributed by atoms with Crippen molar-refractivity contribution in [3.63, 3.8) is 0 Å². The molecule has 3 fully saturated rings. The summed E-state index contributed by atoms with van der Waals surface area (Å²) < 4.78 is 64.1. The Morgan fingerprint density at radius 3 is 2.66 bits per heavy atom. The van der Waals surface area contributed by atoms with E-state index in [1.54, 1.807) is 12.1 Å². The molecule has 3 N–H and O–H groups in total. The van der Waals surface area contributed by atoms with Crippen LogP contribution in [0.3, 0.4) is 0 Å². The number of nitrogens with one attached hydrogen (secondary N) is 1. The smallest absolute Gasteiger partial charge is 0.319 e. The van der Waals surface area contributed by atoms with Crippen LogP contribution >= 0.6 is 11.3 Å². The molecule has 228 valence electrons. The quantitative estimate of drug-likeness (QED) is 0.260. The molecule has 5 heterocycles. The zero-order valence-electron chi connectivity index (χ0n) is 23.7. The number of ether oxygens (including phenoxy) is 1. The van der Waals surface area contributed by atoms with Crippen LogP contribution in [0.4, 0.5) is 28.4 Å². The van der Waals surface area contributed by atoms with Crippen molar-refractivity contribution in [3.8, 4) is 23.2 Å². The van der Waals surface area contributed by atoms with E-state index < -0.39 is 23.8 Å². The minimum atomic E-state index is -1.79. The van der Waals surface area contributed by atoms with E-state index >= 15 is 4.39 Å². The number of benzene rings is 2.